The van der Waals surface area contributed by atoms with E-state index >= 15 is 0 Å². The zero-order valence-corrected chi connectivity index (χ0v) is 21.7. The van der Waals surface area contributed by atoms with E-state index in [9.17, 15) is 22.8 Å². The number of amides is 1. The molecule has 0 bridgehead atoms. The molecule has 4 aliphatic rings. The summed E-state index contributed by atoms with van der Waals surface area (Å²) in [6, 6.07) is 0. The van der Waals surface area contributed by atoms with Crippen LogP contribution >= 0.6 is 0 Å². The van der Waals surface area contributed by atoms with E-state index in [0.29, 0.717) is 60.9 Å². The third-order valence-corrected chi connectivity index (χ3v) is 11.3. The van der Waals surface area contributed by atoms with Gasteiger partial charge >= 0.3 is 0 Å². The highest BCUT2D eigenvalue weighted by atomic mass is 32.2. The van der Waals surface area contributed by atoms with Crippen molar-refractivity contribution < 1.29 is 27.4 Å². The smallest absolute Gasteiger partial charge is 0.266 e. The summed E-state index contributed by atoms with van der Waals surface area (Å²) >= 11 is 0. The molecular formula is C26H41NO6S. The summed E-state index contributed by atoms with van der Waals surface area (Å²) in [4.78, 5) is 37.7. The van der Waals surface area contributed by atoms with Crippen LogP contribution in [0.2, 0.25) is 0 Å². The van der Waals surface area contributed by atoms with Gasteiger partial charge in [0.15, 0.2) is 0 Å². The molecule has 4 saturated carbocycles. The van der Waals surface area contributed by atoms with Crippen molar-refractivity contribution in [3.63, 3.8) is 0 Å². The SMILES string of the molecule is CC(CCC(=O)NCCS(=O)(=O)O)C1CCC2C3C(=O)CC4CC(=O)CCC4(C)C3CCC12C. The number of nitrogens with one attached hydrogen (secondary N) is 1. The molecule has 4 fully saturated rings. The molecule has 8 heteroatoms. The first-order valence-corrected chi connectivity index (χ1v) is 14.7. The average Bonchev–Trinajstić information content (AvgIpc) is 3.09. The second-order valence-electron chi connectivity index (χ2n) is 12.2. The minimum absolute atomic E-state index is 0.0776. The van der Waals surface area contributed by atoms with Crippen LogP contribution in [0.3, 0.4) is 0 Å². The van der Waals surface area contributed by atoms with E-state index in [1.54, 1.807) is 0 Å². The van der Waals surface area contributed by atoms with Crippen molar-refractivity contribution in [3.05, 3.63) is 0 Å². The van der Waals surface area contributed by atoms with Crippen molar-refractivity contribution in [3.8, 4) is 0 Å². The van der Waals surface area contributed by atoms with Crippen LogP contribution in [0.25, 0.3) is 0 Å². The highest BCUT2D eigenvalue weighted by Gasteiger charge is 2.63. The van der Waals surface area contributed by atoms with Gasteiger partial charge in [-0.3, -0.25) is 18.9 Å². The van der Waals surface area contributed by atoms with E-state index < -0.39 is 15.9 Å². The fraction of sp³-hybridized carbons (Fsp3) is 0.885. The largest absolute Gasteiger partial charge is 0.355 e. The van der Waals surface area contributed by atoms with Crippen molar-refractivity contribution in [2.75, 3.05) is 12.3 Å². The van der Waals surface area contributed by atoms with E-state index in [0.717, 1.165) is 38.5 Å². The molecule has 4 rings (SSSR count). The summed E-state index contributed by atoms with van der Waals surface area (Å²) < 4.78 is 30.5. The lowest BCUT2D eigenvalue weighted by molar-refractivity contribution is -0.159. The Morgan fingerprint density at radius 2 is 1.79 bits per heavy atom. The quantitative estimate of drug-likeness (QED) is 0.519. The number of carbonyl (C=O) groups is 3. The number of fused-ring (bicyclic) bond motifs is 5. The summed E-state index contributed by atoms with van der Waals surface area (Å²) in [5.74, 6) is 2.00. The molecule has 34 heavy (non-hydrogen) atoms. The number of Topliss-reactive ketones (excluding diaryl/α,β-unsaturated/α-hetero) is 2. The van der Waals surface area contributed by atoms with Gasteiger partial charge in [-0.25, -0.2) is 0 Å². The van der Waals surface area contributed by atoms with Crippen LogP contribution in [-0.4, -0.2) is 42.7 Å². The number of carbonyl (C=O) groups excluding carboxylic acids is 3. The first-order chi connectivity index (χ1) is 15.8. The van der Waals surface area contributed by atoms with Crippen LogP contribution < -0.4 is 5.32 Å². The minimum atomic E-state index is -4.07. The summed E-state index contributed by atoms with van der Waals surface area (Å²) in [7, 11) is -4.07. The van der Waals surface area contributed by atoms with Crippen molar-refractivity contribution in [2.24, 2.45) is 46.3 Å². The van der Waals surface area contributed by atoms with Crippen LogP contribution in [-0.2, 0) is 24.5 Å². The van der Waals surface area contributed by atoms with Crippen LogP contribution in [0.4, 0.5) is 0 Å². The van der Waals surface area contributed by atoms with Gasteiger partial charge < -0.3 is 5.32 Å². The van der Waals surface area contributed by atoms with Crippen molar-refractivity contribution in [2.45, 2.75) is 85.0 Å². The lowest BCUT2D eigenvalue weighted by Crippen LogP contribution is -2.57. The van der Waals surface area contributed by atoms with Gasteiger partial charge in [-0.05, 0) is 78.9 Å². The van der Waals surface area contributed by atoms with Gasteiger partial charge in [0.2, 0.25) is 5.91 Å². The number of hydrogen-bond acceptors (Lipinski definition) is 5. The maximum atomic E-state index is 13.5. The summed E-state index contributed by atoms with van der Waals surface area (Å²) in [6.07, 6.45) is 8.14. The highest BCUT2D eigenvalue weighted by Crippen LogP contribution is 2.67. The van der Waals surface area contributed by atoms with Gasteiger partial charge in [-0.2, -0.15) is 8.42 Å². The molecule has 0 aromatic heterocycles. The Balaban J connectivity index is 1.40. The van der Waals surface area contributed by atoms with Gasteiger partial charge in [0.25, 0.3) is 10.1 Å². The highest BCUT2D eigenvalue weighted by molar-refractivity contribution is 7.85. The van der Waals surface area contributed by atoms with E-state index in [4.69, 9.17) is 4.55 Å². The number of hydrogen-bond donors (Lipinski definition) is 2. The second-order valence-corrected chi connectivity index (χ2v) is 13.8. The molecule has 0 saturated heterocycles. The molecule has 0 aromatic rings. The first kappa shape index (κ1) is 25.8. The summed E-state index contributed by atoms with van der Waals surface area (Å²) in [6.45, 7) is 6.86. The van der Waals surface area contributed by atoms with E-state index in [1.165, 1.54) is 0 Å². The van der Waals surface area contributed by atoms with Gasteiger partial charge in [-0.15, -0.1) is 0 Å². The third kappa shape index (κ3) is 4.73. The maximum absolute atomic E-state index is 13.5. The summed E-state index contributed by atoms with van der Waals surface area (Å²) in [5.41, 5.74) is 0.211. The molecule has 8 atom stereocenters. The molecule has 8 unspecified atom stereocenters. The van der Waals surface area contributed by atoms with Gasteiger partial charge in [0, 0.05) is 38.1 Å². The molecule has 0 aromatic carbocycles. The normalized spacial score (nSPS) is 40.8. The second kappa shape index (κ2) is 9.30. The monoisotopic (exact) mass is 495 g/mol. The molecular weight excluding hydrogens is 454 g/mol. The predicted molar refractivity (Wildman–Crippen MR) is 128 cm³/mol. The standard InChI is InChI=1S/C26H41NO6S/c1-16(4-7-23(30)27-12-13-34(31,32)33)19-5-6-20-24-21(9-11-26(19,20)3)25(2)10-8-18(28)14-17(25)15-22(24)29/h16-17,19-21,24H,4-15H2,1-3H3,(H,27,30)(H,31,32,33). The van der Waals surface area contributed by atoms with Crippen LogP contribution in [0.1, 0.15) is 85.0 Å². The van der Waals surface area contributed by atoms with Gasteiger partial charge in [0.1, 0.15) is 11.6 Å². The van der Waals surface area contributed by atoms with E-state index in [1.807, 2.05) is 0 Å². The van der Waals surface area contributed by atoms with Crippen LogP contribution in [0.15, 0.2) is 0 Å². The predicted octanol–water partition coefficient (Wildman–Crippen LogP) is 3.81. The zero-order chi connectivity index (χ0) is 24.9. The first-order valence-electron chi connectivity index (χ1n) is 13.1. The molecule has 1 amide bonds. The fourth-order valence-electron chi connectivity index (χ4n) is 8.67. The van der Waals surface area contributed by atoms with Crippen LogP contribution in [0, 0.1) is 46.3 Å². The lowest BCUT2D eigenvalue weighted by atomic mass is 9.44. The third-order valence-electron chi connectivity index (χ3n) is 10.6. The minimum Gasteiger partial charge on any atom is -0.355 e. The van der Waals surface area contributed by atoms with Crippen LogP contribution in [0.5, 0.6) is 0 Å². The molecule has 0 radical (unpaired) electrons. The molecule has 4 aliphatic carbocycles. The molecule has 0 aliphatic heterocycles. The molecule has 7 nitrogen and oxygen atoms in total. The molecule has 0 spiro atoms. The summed E-state index contributed by atoms with van der Waals surface area (Å²) in [5, 5.41) is 2.58. The average molecular weight is 496 g/mol. The van der Waals surface area contributed by atoms with E-state index in [-0.39, 0.29) is 35.1 Å². The van der Waals surface area contributed by atoms with Crippen molar-refractivity contribution >= 4 is 27.6 Å². The topological polar surface area (TPSA) is 118 Å². The Hall–Kier alpha value is -1.28. The number of rotatable bonds is 7. The Bertz CT molecular complexity index is 947. The van der Waals surface area contributed by atoms with Gasteiger partial charge in [0.05, 0.1) is 5.75 Å². The molecule has 2 N–H and O–H groups in total. The Labute approximate surface area is 204 Å². The maximum Gasteiger partial charge on any atom is 0.266 e. The zero-order valence-electron chi connectivity index (χ0n) is 20.8. The Kier molecular flexibility index (Phi) is 7.06. The Morgan fingerprint density at radius 1 is 1.09 bits per heavy atom. The molecule has 192 valence electrons. The Morgan fingerprint density at radius 3 is 2.50 bits per heavy atom. The lowest BCUT2D eigenvalue weighted by Gasteiger charge is -2.59. The van der Waals surface area contributed by atoms with Gasteiger partial charge in [-0.1, -0.05) is 20.8 Å². The number of ketones is 2. The van der Waals surface area contributed by atoms with E-state index in [2.05, 4.69) is 26.1 Å². The van der Waals surface area contributed by atoms with Crippen molar-refractivity contribution in [1.29, 1.82) is 0 Å². The molecule has 0 heterocycles. The van der Waals surface area contributed by atoms with Crippen molar-refractivity contribution in [1.82, 2.24) is 5.32 Å². The fourth-order valence-corrected chi connectivity index (χ4v) is 9.03.